The monoisotopic (exact) mass is 593 g/mol. The highest BCUT2D eigenvalue weighted by atomic mass is 16.7. The first-order valence-corrected chi connectivity index (χ1v) is 17.5. The minimum atomic E-state index is -0.160. The first-order valence-electron chi connectivity index (χ1n) is 17.5. The van der Waals surface area contributed by atoms with Crippen molar-refractivity contribution in [1.29, 1.82) is 0 Å². The number of hydrogen-bond donors (Lipinski definition) is 2. The van der Waals surface area contributed by atoms with E-state index in [0.717, 1.165) is 73.6 Å². The fourth-order valence-electron chi connectivity index (χ4n) is 6.12. The van der Waals surface area contributed by atoms with Crippen LogP contribution in [-0.4, -0.2) is 27.2 Å². The van der Waals surface area contributed by atoms with E-state index in [1.54, 1.807) is 0 Å². The van der Waals surface area contributed by atoms with Crippen LogP contribution in [0.5, 0.6) is 0 Å². The quantitative estimate of drug-likeness (QED) is 0.0952. The molecule has 1 amide bonds. The maximum atomic E-state index is 12.1. The maximum Gasteiger partial charge on any atom is 0.220 e. The number of hydrogen-bond acceptors (Lipinski definition) is 5. The number of nitrogen functional groups attached to an aromatic ring is 1. The summed E-state index contributed by atoms with van der Waals surface area (Å²) in [6.07, 6.45) is 25.2. The Labute approximate surface area is 260 Å². The van der Waals surface area contributed by atoms with Gasteiger partial charge >= 0.3 is 0 Å². The number of aryl methyl sites for hydroxylation is 1. The Bertz CT molecular complexity index is 1210. The van der Waals surface area contributed by atoms with Gasteiger partial charge in [-0.25, -0.2) is 9.97 Å². The lowest BCUT2D eigenvalue weighted by atomic mass is 9.94. The van der Waals surface area contributed by atoms with Gasteiger partial charge in [0.1, 0.15) is 23.5 Å². The molecule has 0 aliphatic heterocycles. The Kier molecular flexibility index (Phi) is 16.3. The molecule has 2 aromatic heterocycles. The van der Waals surface area contributed by atoms with Crippen molar-refractivity contribution >= 4 is 33.7 Å². The number of anilines is 1. The van der Waals surface area contributed by atoms with Crippen LogP contribution in [0.25, 0.3) is 21.9 Å². The van der Waals surface area contributed by atoms with Gasteiger partial charge in [0, 0.05) is 17.7 Å². The third kappa shape index (κ3) is 11.6. The smallest absolute Gasteiger partial charge is 0.220 e. The summed E-state index contributed by atoms with van der Waals surface area (Å²) in [5.41, 5.74) is 14.5. The van der Waals surface area contributed by atoms with Crippen LogP contribution < -0.4 is 16.3 Å². The number of pyridine rings is 1. The van der Waals surface area contributed by atoms with Crippen LogP contribution in [0, 0.1) is 5.92 Å². The Balaban J connectivity index is 1.35. The topological polar surface area (TPSA) is 109 Å². The average Bonchev–Trinajstić information content (AvgIpc) is 3.38. The number of benzene rings is 1. The summed E-state index contributed by atoms with van der Waals surface area (Å²) in [4.78, 5) is 27.8. The molecule has 4 N–H and O–H groups in total. The van der Waals surface area contributed by atoms with Crippen LogP contribution in [-0.2, 0) is 11.2 Å². The summed E-state index contributed by atoms with van der Waals surface area (Å²) in [5.74, 6) is 1.12. The van der Waals surface area contributed by atoms with Crippen LogP contribution in [0.4, 0.5) is 5.82 Å². The van der Waals surface area contributed by atoms with E-state index in [1.807, 2.05) is 29.0 Å². The molecule has 3 aromatic rings. The molecule has 43 heavy (non-hydrogen) atoms. The lowest BCUT2D eigenvalue weighted by molar-refractivity contribution is -0.122. The van der Waals surface area contributed by atoms with Crippen molar-refractivity contribution in [3.05, 3.63) is 30.1 Å². The van der Waals surface area contributed by atoms with Crippen LogP contribution in [0.15, 0.2) is 24.3 Å². The van der Waals surface area contributed by atoms with Crippen LogP contribution in [0.2, 0.25) is 0 Å². The van der Waals surface area contributed by atoms with E-state index >= 15 is 0 Å². The summed E-state index contributed by atoms with van der Waals surface area (Å²) >= 11 is 0. The van der Waals surface area contributed by atoms with Gasteiger partial charge < -0.3 is 16.3 Å². The lowest BCUT2D eigenvalue weighted by Gasteiger charge is -2.15. The molecule has 0 aliphatic rings. The number of unbranched alkanes of at least 4 members (excludes halogenated alkanes) is 15. The minimum absolute atomic E-state index is 0.0404. The second-order valence-corrected chi connectivity index (χ2v) is 12.5. The molecule has 7 heteroatoms. The molecule has 0 radical (unpaired) electrons. The van der Waals surface area contributed by atoms with Crippen molar-refractivity contribution in [2.24, 2.45) is 11.7 Å². The number of rotatable bonds is 25. The van der Waals surface area contributed by atoms with Gasteiger partial charge in [-0.15, -0.1) is 0 Å². The summed E-state index contributed by atoms with van der Waals surface area (Å²) in [6, 6.07) is 7.99. The molecule has 0 saturated carbocycles. The second kappa shape index (κ2) is 20.2. The first-order chi connectivity index (χ1) is 21.1. The Hall–Kier alpha value is -2.83. The maximum absolute atomic E-state index is 12.1. The van der Waals surface area contributed by atoms with E-state index in [4.69, 9.17) is 21.3 Å². The molecule has 1 atom stereocenters. The number of fused-ring (bicyclic) bond motifs is 3. The van der Waals surface area contributed by atoms with Gasteiger partial charge in [0.15, 0.2) is 5.82 Å². The number of nitrogens with two attached hydrogens (primary N) is 2. The van der Waals surface area contributed by atoms with Crippen molar-refractivity contribution in [3.8, 4) is 0 Å². The number of primary amides is 1. The highest BCUT2D eigenvalue weighted by molar-refractivity contribution is 6.06. The summed E-state index contributed by atoms with van der Waals surface area (Å²) < 4.78 is 1.88. The van der Waals surface area contributed by atoms with E-state index < -0.39 is 0 Å². The zero-order valence-corrected chi connectivity index (χ0v) is 27.3. The lowest BCUT2D eigenvalue weighted by Crippen LogP contribution is -2.23. The summed E-state index contributed by atoms with van der Waals surface area (Å²) in [7, 11) is 0. The van der Waals surface area contributed by atoms with Crippen LogP contribution in [0.3, 0.4) is 0 Å². The molecule has 3 rings (SSSR count). The largest absolute Gasteiger partial charge is 0.412 e. The summed E-state index contributed by atoms with van der Waals surface area (Å²) in [6.45, 7) is 5.00. The minimum Gasteiger partial charge on any atom is -0.412 e. The third-order valence-corrected chi connectivity index (χ3v) is 8.78. The Morgan fingerprint density at radius 2 is 1.33 bits per heavy atom. The molecule has 7 nitrogen and oxygen atoms in total. The van der Waals surface area contributed by atoms with Crippen molar-refractivity contribution < 1.29 is 9.63 Å². The second-order valence-electron chi connectivity index (χ2n) is 12.5. The molecule has 0 fully saturated rings. The van der Waals surface area contributed by atoms with Gasteiger partial charge in [-0.3, -0.25) is 4.79 Å². The summed E-state index contributed by atoms with van der Waals surface area (Å²) in [5, 5.41) is 0.990. The third-order valence-electron chi connectivity index (χ3n) is 8.78. The number of carbonyl (C=O) groups is 1. The number of imidazole rings is 1. The molecule has 0 saturated heterocycles. The first kappa shape index (κ1) is 34.7. The molecular weight excluding hydrogens is 534 g/mol. The van der Waals surface area contributed by atoms with E-state index in [0.29, 0.717) is 17.9 Å². The molecule has 0 bridgehead atoms. The zero-order valence-electron chi connectivity index (χ0n) is 27.3. The average molecular weight is 594 g/mol. The zero-order chi connectivity index (χ0) is 30.7. The number of aromatic nitrogens is 3. The molecule has 0 aliphatic carbocycles. The predicted octanol–water partition coefficient (Wildman–Crippen LogP) is 9.08. The standard InChI is InChI=1S/C36H59N5O2/c1-3-5-7-8-9-10-11-12-13-14-15-16-17-18-23-29(36(38)42)24-21-22-28-43-41-32(27-6-4-2)40-33-34(41)30-25-19-20-26-31(30)39-35(33)37/h19-20,25-26,29H,3-18,21-24,27-28H2,1-2H3,(H2,37,39)(H2,38,42). The van der Waals surface area contributed by atoms with Crippen LogP contribution >= 0.6 is 0 Å². The van der Waals surface area contributed by atoms with E-state index in [2.05, 4.69) is 18.8 Å². The van der Waals surface area contributed by atoms with Gasteiger partial charge in [0.2, 0.25) is 5.91 Å². The van der Waals surface area contributed by atoms with Gasteiger partial charge in [-0.05, 0) is 38.2 Å². The highest BCUT2D eigenvalue weighted by Crippen LogP contribution is 2.29. The SMILES string of the molecule is CCCCCCCCCCCCCCCCC(CCCCOn1c(CCCC)nc2c(N)nc3ccccc3c21)C(N)=O. The molecule has 1 unspecified atom stereocenters. The van der Waals surface area contributed by atoms with Crippen molar-refractivity contribution in [1.82, 2.24) is 14.7 Å². The number of carbonyl (C=O) groups excluding carboxylic acids is 1. The Morgan fingerprint density at radius 3 is 1.93 bits per heavy atom. The molecule has 2 heterocycles. The van der Waals surface area contributed by atoms with Gasteiger partial charge in [0.05, 0.1) is 5.52 Å². The normalized spacial score (nSPS) is 12.3. The van der Waals surface area contributed by atoms with Crippen molar-refractivity contribution in [2.45, 2.75) is 149 Å². The molecule has 1 aromatic carbocycles. The van der Waals surface area contributed by atoms with Gasteiger partial charge in [0.25, 0.3) is 0 Å². The highest BCUT2D eigenvalue weighted by Gasteiger charge is 2.19. The van der Waals surface area contributed by atoms with Crippen molar-refractivity contribution in [3.63, 3.8) is 0 Å². The molecular formula is C36H59N5O2. The van der Waals surface area contributed by atoms with Crippen molar-refractivity contribution in [2.75, 3.05) is 12.3 Å². The number of amides is 1. The number of nitrogens with zero attached hydrogens (tertiary/aromatic N) is 3. The van der Waals surface area contributed by atoms with Crippen LogP contribution in [0.1, 0.15) is 148 Å². The van der Waals surface area contributed by atoms with Gasteiger partial charge in [-0.1, -0.05) is 128 Å². The fraction of sp³-hybridized carbons (Fsp3) is 0.694. The molecule has 240 valence electrons. The Morgan fingerprint density at radius 1 is 0.767 bits per heavy atom. The fourth-order valence-corrected chi connectivity index (χ4v) is 6.12. The number of para-hydroxylation sites is 1. The molecule has 0 spiro atoms. The predicted molar refractivity (Wildman–Crippen MR) is 181 cm³/mol. The van der Waals surface area contributed by atoms with E-state index in [-0.39, 0.29) is 11.8 Å². The van der Waals surface area contributed by atoms with E-state index in [9.17, 15) is 4.79 Å². The van der Waals surface area contributed by atoms with E-state index in [1.165, 1.54) is 83.5 Å². The van der Waals surface area contributed by atoms with Gasteiger partial charge in [-0.2, -0.15) is 4.73 Å².